The fourth-order valence-electron chi connectivity index (χ4n) is 4.98. The number of para-hydroxylation sites is 1. The van der Waals surface area contributed by atoms with E-state index in [0.29, 0.717) is 31.7 Å². The van der Waals surface area contributed by atoms with Crippen LogP contribution in [-0.4, -0.2) is 59.7 Å². The maximum Gasteiger partial charge on any atom is 0.235 e. The summed E-state index contributed by atoms with van der Waals surface area (Å²) in [4.78, 5) is 6.02. The maximum absolute atomic E-state index is 13.5. The van der Waals surface area contributed by atoms with Gasteiger partial charge in [-0.3, -0.25) is 4.72 Å². The van der Waals surface area contributed by atoms with Crippen LogP contribution in [-0.2, 0) is 21.8 Å². The molecule has 1 aromatic carbocycles. The zero-order valence-corrected chi connectivity index (χ0v) is 20.4. The summed E-state index contributed by atoms with van der Waals surface area (Å²) in [5, 5.41) is 7.79. The average Bonchev–Trinajstić information content (AvgIpc) is 3.31. The molecule has 2 aromatic heterocycles. The molecule has 0 unspecified atom stereocenters. The minimum Gasteiger partial charge on any atom is -0.381 e. The van der Waals surface area contributed by atoms with E-state index in [1.54, 1.807) is 18.5 Å². The fraction of sp³-hybridized carbons (Fsp3) is 0.458. The number of aryl methyl sites for hydroxylation is 1. The Morgan fingerprint density at radius 2 is 1.86 bits per heavy atom. The first-order valence-corrected chi connectivity index (χ1v) is 13.4. The van der Waals surface area contributed by atoms with Gasteiger partial charge in [-0.2, -0.15) is 4.39 Å². The fourth-order valence-corrected chi connectivity index (χ4v) is 6.43. The highest BCUT2D eigenvalue weighted by atomic mass is 32.2. The minimum atomic E-state index is -3.61. The van der Waals surface area contributed by atoms with Crippen molar-refractivity contribution < 1.29 is 17.5 Å². The summed E-state index contributed by atoms with van der Waals surface area (Å²) in [5.41, 5.74) is 2.84. The predicted octanol–water partition coefficient (Wildman–Crippen LogP) is 3.32. The Hall–Kier alpha value is -3.05. The van der Waals surface area contributed by atoms with E-state index in [4.69, 9.17) is 4.74 Å². The van der Waals surface area contributed by atoms with Gasteiger partial charge in [-0.25, -0.2) is 13.4 Å². The van der Waals surface area contributed by atoms with Crippen LogP contribution in [0.25, 0.3) is 11.1 Å². The number of aromatic nitrogens is 4. The van der Waals surface area contributed by atoms with E-state index in [9.17, 15) is 12.8 Å². The van der Waals surface area contributed by atoms with Crippen LogP contribution in [0.3, 0.4) is 0 Å². The van der Waals surface area contributed by atoms with Crippen molar-refractivity contribution >= 4 is 21.4 Å². The summed E-state index contributed by atoms with van der Waals surface area (Å²) < 4.78 is 50.2. The van der Waals surface area contributed by atoms with E-state index >= 15 is 0 Å². The highest BCUT2D eigenvalue weighted by Crippen LogP contribution is 2.41. The molecular weight excluding hydrogens is 471 g/mol. The highest BCUT2D eigenvalue weighted by molar-refractivity contribution is 7.93. The van der Waals surface area contributed by atoms with Crippen molar-refractivity contribution in [3.63, 3.8) is 0 Å². The van der Waals surface area contributed by atoms with Gasteiger partial charge >= 0.3 is 0 Å². The zero-order valence-electron chi connectivity index (χ0n) is 19.6. The van der Waals surface area contributed by atoms with Gasteiger partial charge in [-0.15, -0.1) is 10.2 Å². The SMILES string of the molecule is Cn1cnnc1C1CCN(c2c(NS(=O)(=O)C3CCOCC3)cccc2-c2ccc(F)nc2)CC1. The second-order valence-corrected chi connectivity index (χ2v) is 11.1. The summed E-state index contributed by atoms with van der Waals surface area (Å²) in [5.74, 6) is 0.679. The molecule has 9 nitrogen and oxygen atoms in total. The lowest BCUT2D eigenvalue weighted by Crippen LogP contribution is -2.36. The van der Waals surface area contributed by atoms with E-state index in [-0.39, 0.29) is 5.92 Å². The normalized spacial score (nSPS) is 18.1. The second kappa shape index (κ2) is 9.90. The number of pyridine rings is 1. The van der Waals surface area contributed by atoms with Crippen molar-refractivity contribution in [2.75, 3.05) is 35.9 Å². The van der Waals surface area contributed by atoms with Gasteiger partial charge in [0.15, 0.2) is 0 Å². The molecule has 0 radical (unpaired) electrons. The number of rotatable bonds is 6. The van der Waals surface area contributed by atoms with Crippen LogP contribution in [0.1, 0.15) is 37.4 Å². The summed E-state index contributed by atoms with van der Waals surface area (Å²) in [7, 11) is -1.66. The summed E-state index contributed by atoms with van der Waals surface area (Å²) in [6, 6.07) is 8.52. The van der Waals surface area contributed by atoms with Gasteiger partial charge in [0, 0.05) is 56.6 Å². The molecule has 0 atom stereocenters. The maximum atomic E-state index is 13.5. The largest absolute Gasteiger partial charge is 0.381 e. The lowest BCUT2D eigenvalue weighted by Gasteiger charge is -2.36. The minimum absolute atomic E-state index is 0.279. The molecule has 11 heteroatoms. The monoisotopic (exact) mass is 500 g/mol. The van der Waals surface area contributed by atoms with Crippen LogP contribution in [0, 0.1) is 5.95 Å². The predicted molar refractivity (Wildman–Crippen MR) is 131 cm³/mol. The molecule has 2 fully saturated rings. The van der Waals surface area contributed by atoms with Crippen LogP contribution < -0.4 is 9.62 Å². The number of hydrogen-bond donors (Lipinski definition) is 1. The van der Waals surface area contributed by atoms with E-state index in [1.165, 1.54) is 12.3 Å². The van der Waals surface area contributed by atoms with Crippen molar-refractivity contribution in [3.8, 4) is 11.1 Å². The van der Waals surface area contributed by atoms with E-state index < -0.39 is 21.2 Å². The van der Waals surface area contributed by atoms with Crippen molar-refractivity contribution in [2.24, 2.45) is 7.05 Å². The number of nitrogens with zero attached hydrogens (tertiary/aromatic N) is 5. The third-order valence-electron chi connectivity index (χ3n) is 6.86. The Balaban J connectivity index is 1.48. The van der Waals surface area contributed by atoms with Crippen LogP contribution in [0.2, 0.25) is 0 Å². The topological polar surface area (TPSA) is 102 Å². The van der Waals surface area contributed by atoms with Gasteiger partial charge in [0.1, 0.15) is 12.2 Å². The van der Waals surface area contributed by atoms with Crippen LogP contribution in [0.5, 0.6) is 0 Å². The molecule has 3 aromatic rings. The first-order chi connectivity index (χ1) is 16.9. The Labute approximate surface area is 204 Å². The van der Waals surface area contributed by atoms with Gasteiger partial charge in [0.2, 0.25) is 16.0 Å². The van der Waals surface area contributed by atoms with Crippen molar-refractivity contribution in [2.45, 2.75) is 36.9 Å². The molecule has 2 saturated heterocycles. The summed E-state index contributed by atoms with van der Waals surface area (Å²) in [6.07, 6.45) is 5.84. The Bertz CT molecular complexity index is 1270. The van der Waals surface area contributed by atoms with Gasteiger partial charge in [-0.05, 0) is 43.9 Å². The first kappa shape index (κ1) is 23.7. The summed E-state index contributed by atoms with van der Waals surface area (Å²) >= 11 is 0. The molecule has 0 aliphatic carbocycles. The van der Waals surface area contributed by atoms with Crippen LogP contribution in [0.15, 0.2) is 42.9 Å². The Morgan fingerprint density at radius 3 is 2.51 bits per heavy atom. The first-order valence-electron chi connectivity index (χ1n) is 11.9. The molecule has 4 heterocycles. The van der Waals surface area contributed by atoms with Gasteiger partial charge in [0.25, 0.3) is 0 Å². The molecule has 186 valence electrons. The van der Waals surface area contributed by atoms with Crippen molar-refractivity contribution in [1.82, 2.24) is 19.7 Å². The lowest BCUT2D eigenvalue weighted by molar-refractivity contribution is 0.0984. The molecule has 0 amide bonds. The molecule has 0 saturated carbocycles. The quantitative estimate of drug-likeness (QED) is 0.518. The summed E-state index contributed by atoms with van der Waals surface area (Å²) in [6.45, 7) is 2.31. The number of sulfonamides is 1. The number of piperidine rings is 1. The smallest absolute Gasteiger partial charge is 0.235 e. The van der Waals surface area contributed by atoms with E-state index in [0.717, 1.165) is 48.6 Å². The number of halogens is 1. The Morgan fingerprint density at radius 1 is 1.09 bits per heavy atom. The second-order valence-electron chi connectivity index (χ2n) is 9.09. The van der Waals surface area contributed by atoms with Crippen LogP contribution >= 0.6 is 0 Å². The standard InChI is InChI=1S/C24H29FN6O3S/c1-30-16-27-28-24(30)17-7-11-31(12-8-17)23-20(18-5-6-22(25)26-15-18)3-2-4-21(23)29-35(32,33)19-9-13-34-14-10-19/h2-6,15-17,19,29H,7-14H2,1H3. The third kappa shape index (κ3) is 5.01. The highest BCUT2D eigenvalue weighted by Gasteiger charge is 2.31. The number of anilines is 2. The molecule has 2 aliphatic heterocycles. The van der Waals surface area contributed by atoms with Crippen molar-refractivity contribution in [1.29, 1.82) is 0 Å². The van der Waals surface area contributed by atoms with Gasteiger partial charge in [0.05, 0.1) is 16.6 Å². The van der Waals surface area contributed by atoms with E-state index in [1.807, 2.05) is 23.7 Å². The van der Waals surface area contributed by atoms with Crippen molar-refractivity contribution in [3.05, 3.63) is 54.6 Å². The van der Waals surface area contributed by atoms with Crippen LogP contribution in [0.4, 0.5) is 15.8 Å². The average molecular weight is 501 g/mol. The van der Waals surface area contributed by atoms with Gasteiger partial charge in [-0.1, -0.05) is 12.1 Å². The lowest BCUT2D eigenvalue weighted by atomic mass is 9.94. The molecule has 35 heavy (non-hydrogen) atoms. The zero-order chi connectivity index (χ0) is 24.4. The molecule has 0 bridgehead atoms. The molecule has 0 spiro atoms. The number of hydrogen-bond acceptors (Lipinski definition) is 7. The van der Waals surface area contributed by atoms with E-state index in [2.05, 4.69) is 24.8 Å². The Kier molecular flexibility index (Phi) is 6.70. The molecule has 1 N–H and O–H groups in total. The van der Waals surface area contributed by atoms with Gasteiger partial charge < -0.3 is 14.2 Å². The number of ether oxygens (including phenoxy) is 1. The number of nitrogens with one attached hydrogen (secondary N) is 1. The molecule has 5 rings (SSSR count). The third-order valence-corrected chi connectivity index (χ3v) is 8.71. The molecule has 2 aliphatic rings. The molecular formula is C24H29FN6O3S. The number of benzene rings is 1.